The third-order valence-electron chi connectivity index (χ3n) is 3.22. The zero-order valence-corrected chi connectivity index (χ0v) is 12.1. The van der Waals surface area contributed by atoms with Crippen molar-refractivity contribution in [2.75, 3.05) is 44.5 Å². The monoisotopic (exact) mass is 258 g/mol. The Morgan fingerprint density at radius 3 is 2.37 bits per heavy atom. The largest absolute Gasteiger partial charge is 0.378 e. The second-order valence-corrected chi connectivity index (χ2v) is 5.16. The number of hydrogen-bond donors (Lipinski definition) is 1. The summed E-state index contributed by atoms with van der Waals surface area (Å²) in [7, 11) is 8.21. The molecule has 2 N–H and O–H groups in total. The summed E-state index contributed by atoms with van der Waals surface area (Å²) < 4.78 is 0. The number of fused-ring (bicyclic) bond motifs is 1. The average Bonchev–Trinajstić information content (AvgIpc) is 2.37. The van der Waals surface area contributed by atoms with Gasteiger partial charge < -0.3 is 15.5 Å². The van der Waals surface area contributed by atoms with E-state index in [1.807, 2.05) is 14.1 Å². The SMILES string of the molecule is CN(C)c1ccc2nc(CCN)cc(N(C)C)c2c1. The third kappa shape index (κ3) is 2.79. The topological polar surface area (TPSA) is 45.4 Å². The lowest BCUT2D eigenvalue weighted by Crippen LogP contribution is -2.13. The third-order valence-corrected chi connectivity index (χ3v) is 3.22. The van der Waals surface area contributed by atoms with Crippen LogP contribution in [-0.2, 0) is 6.42 Å². The lowest BCUT2D eigenvalue weighted by molar-refractivity contribution is 0.929. The van der Waals surface area contributed by atoms with E-state index < -0.39 is 0 Å². The van der Waals surface area contributed by atoms with Gasteiger partial charge in [0.25, 0.3) is 0 Å². The zero-order chi connectivity index (χ0) is 14.0. The Bertz CT molecular complexity index is 576. The van der Waals surface area contributed by atoms with Crippen molar-refractivity contribution < 1.29 is 0 Å². The molecule has 19 heavy (non-hydrogen) atoms. The Labute approximate surface area is 114 Å². The van der Waals surface area contributed by atoms with Crippen molar-refractivity contribution in [3.05, 3.63) is 30.0 Å². The second-order valence-electron chi connectivity index (χ2n) is 5.16. The Kier molecular flexibility index (Phi) is 3.90. The van der Waals surface area contributed by atoms with E-state index in [9.17, 15) is 0 Å². The van der Waals surface area contributed by atoms with Gasteiger partial charge >= 0.3 is 0 Å². The summed E-state index contributed by atoms with van der Waals surface area (Å²) >= 11 is 0. The molecule has 0 bridgehead atoms. The number of hydrogen-bond acceptors (Lipinski definition) is 4. The number of benzene rings is 1. The first-order valence-corrected chi connectivity index (χ1v) is 6.51. The Balaban J connectivity index is 2.65. The van der Waals surface area contributed by atoms with Crippen LogP contribution in [0.15, 0.2) is 24.3 Å². The quantitative estimate of drug-likeness (QED) is 0.909. The molecule has 1 aromatic heterocycles. The van der Waals surface area contributed by atoms with Gasteiger partial charge in [-0.15, -0.1) is 0 Å². The minimum atomic E-state index is 0.626. The van der Waals surface area contributed by atoms with Crippen molar-refractivity contribution in [2.45, 2.75) is 6.42 Å². The van der Waals surface area contributed by atoms with Crippen molar-refractivity contribution >= 4 is 22.3 Å². The first kappa shape index (κ1) is 13.6. The molecule has 0 saturated carbocycles. The fourth-order valence-electron chi connectivity index (χ4n) is 2.17. The summed E-state index contributed by atoms with van der Waals surface area (Å²) in [5, 5.41) is 1.18. The maximum atomic E-state index is 5.63. The highest BCUT2D eigenvalue weighted by Gasteiger charge is 2.09. The van der Waals surface area contributed by atoms with Gasteiger partial charge in [-0.25, -0.2) is 0 Å². The highest BCUT2D eigenvalue weighted by Crippen LogP contribution is 2.29. The Morgan fingerprint density at radius 2 is 1.79 bits per heavy atom. The minimum absolute atomic E-state index is 0.626. The van der Waals surface area contributed by atoms with E-state index >= 15 is 0 Å². The van der Waals surface area contributed by atoms with E-state index in [0.29, 0.717) is 6.54 Å². The molecule has 2 rings (SSSR count). The summed E-state index contributed by atoms with van der Waals surface area (Å²) in [4.78, 5) is 8.92. The predicted molar refractivity (Wildman–Crippen MR) is 83.2 cm³/mol. The van der Waals surface area contributed by atoms with Crippen molar-refractivity contribution in [3.63, 3.8) is 0 Å². The van der Waals surface area contributed by atoms with Gasteiger partial charge in [-0.05, 0) is 30.8 Å². The van der Waals surface area contributed by atoms with Crippen molar-refractivity contribution in [1.82, 2.24) is 4.98 Å². The number of pyridine rings is 1. The molecule has 4 heteroatoms. The molecule has 0 unspecified atom stereocenters. The molecule has 102 valence electrons. The molecule has 2 aromatic rings. The molecule has 0 spiro atoms. The van der Waals surface area contributed by atoms with E-state index in [0.717, 1.165) is 17.6 Å². The van der Waals surface area contributed by atoms with Gasteiger partial charge in [0.2, 0.25) is 0 Å². The molecule has 0 amide bonds. The number of nitrogens with zero attached hydrogens (tertiary/aromatic N) is 3. The summed E-state index contributed by atoms with van der Waals surface area (Å²) in [5.41, 5.74) is 10.1. The minimum Gasteiger partial charge on any atom is -0.378 e. The van der Waals surface area contributed by atoms with E-state index in [2.05, 4.69) is 53.1 Å². The standard InChI is InChI=1S/C15H22N4/c1-18(2)12-5-6-14-13(10-12)15(19(3)4)9-11(17-14)7-8-16/h5-6,9-10H,7-8,16H2,1-4H3. The molecule has 0 aliphatic heterocycles. The van der Waals surface area contributed by atoms with Crippen molar-refractivity contribution in [1.29, 1.82) is 0 Å². The van der Waals surface area contributed by atoms with Crippen LogP contribution in [0.4, 0.5) is 11.4 Å². The first-order chi connectivity index (χ1) is 9.02. The predicted octanol–water partition coefficient (Wildman–Crippen LogP) is 1.87. The fraction of sp³-hybridized carbons (Fsp3) is 0.400. The maximum absolute atomic E-state index is 5.63. The number of anilines is 2. The van der Waals surface area contributed by atoms with Crippen LogP contribution >= 0.6 is 0 Å². The summed E-state index contributed by atoms with van der Waals surface area (Å²) in [6.45, 7) is 0.626. The van der Waals surface area contributed by atoms with Gasteiger partial charge in [-0.3, -0.25) is 4.98 Å². The van der Waals surface area contributed by atoms with Gasteiger partial charge in [-0.1, -0.05) is 0 Å². The lowest BCUT2D eigenvalue weighted by atomic mass is 10.1. The smallest absolute Gasteiger partial charge is 0.0727 e. The zero-order valence-electron chi connectivity index (χ0n) is 12.1. The summed E-state index contributed by atoms with van der Waals surface area (Å²) in [6.07, 6.45) is 0.812. The normalized spacial score (nSPS) is 10.8. The van der Waals surface area contributed by atoms with Crippen molar-refractivity contribution in [2.24, 2.45) is 5.73 Å². The molecule has 0 atom stereocenters. The van der Waals surface area contributed by atoms with E-state index in [-0.39, 0.29) is 0 Å². The number of nitrogens with two attached hydrogens (primary N) is 1. The maximum Gasteiger partial charge on any atom is 0.0727 e. The van der Waals surface area contributed by atoms with Crippen LogP contribution in [0.5, 0.6) is 0 Å². The van der Waals surface area contributed by atoms with Crippen LogP contribution in [0.3, 0.4) is 0 Å². The Hall–Kier alpha value is -1.81. The highest BCUT2D eigenvalue weighted by atomic mass is 15.1. The average molecular weight is 258 g/mol. The van der Waals surface area contributed by atoms with Gasteiger partial charge in [0.15, 0.2) is 0 Å². The fourth-order valence-corrected chi connectivity index (χ4v) is 2.17. The molecule has 0 fully saturated rings. The number of aromatic nitrogens is 1. The van der Waals surface area contributed by atoms with Crippen LogP contribution in [0.25, 0.3) is 10.9 Å². The molecule has 4 nitrogen and oxygen atoms in total. The van der Waals surface area contributed by atoms with Crippen LogP contribution in [0.1, 0.15) is 5.69 Å². The molecule has 0 aliphatic rings. The van der Waals surface area contributed by atoms with E-state index in [1.54, 1.807) is 0 Å². The molecule has 1 heterocycles. The number of rotatable bonds is 4. The summed E-state index contributed by atoms with van der Waals surface area (Å²) in [5.74, 6) is 0. The van der Waals surface area contributed by atoms with Crippen LogP contribution in [0.2, 0.25) is 0 Å². The highest BCUT2D eigenvalue weighted by molar-refractivity contribution is 5.94. The van der Waals surface area contributed by atoms with Crippen LogP contribution in [-0.4, -0.2) is 39.7 Å². The molecule has 0 aliphatic carbocycles. The molecule has 0 saturated heterocycles. The van der Waals surface area contributed by atoms with Gasteiger partial charge in [0, 0.05) is 57.1 Å². The lowest BCUT2D eigenvalue weighted by Gasteiger charge is -2.19. The Morgan fingerprint density at radius 1 is 1.05 bits per heavy atom. The van der Waals surface area contributed by atoms with E-state index in [1.165, 1.54) is 16.8 Å². The van der Waals surface area contributed by atoms with Crippen molar-refractivity contribution in [3.8, 4) is 0 Å². The van der Waals surface area contributed by atoms with Crippen LogP contribution < -0.4 is 15.5 Å². The molecule has 1 aromatic carbocycles. The molecular weight excluding hydrogens is 236 g/mol. The first-order valence-electron chi connectivity index (χ1n) is 6.51. The molecule has 0 radical (unpaired) electrons. The van der Waals surface area contributed by atoms with Crippen LogP contribution in [0, 0.1) is 0 Å². The van der Waals surface area contributed by atoms with E-state index in [4.69, 9.17) is 5.73 Å². The second kappa shape index (κ2) is 5.45. The van der Waals surface area contributed by atoms with Gasteiger partial charge in [-0.2, -0.15) is 0 Å². The van der Waals surface area contributed by atoms with Gasteiger partial charge in [0.05, 0.1) is 5.52 Å². The molecular formula is C15H22N4. The summed E-state index contributed by atoms with van der Waals surface area (Å²) in [6, 6.07) is 8.50. The van der Waals surface area contributed by atoms with Gasteiger partial charge in [0.1, 0.15) is 0 Å².